The van der Waals surface area contributed by atoms with Gasteiger partial charge in [-0.05, 0) is 102 Å². The van der Waals surface area contributed by atoms with E-state index >= 15 is 0 Å². The van der Waals surface area contributed by atoms with Crippen LogP contribution in [0.1, 0.15) is 48.6 Å². The first-order chi connectivity index (χ1) is 23.6. The Hall–Kier alpha value is -5.86. The lowest BCUT2D eigenvalue weighted by Crippen LogP contribution is -2.02. The maximum Gasteiger partial charge on any atom is 0.0716 e. The van der Waals surface area contributed by atoms with Gasteiger partial charge in [0.25, 0.3) is 0 Å². The van der Waals surface area contributed by atoms with Gasteiger partial charge in [-0.15, -0.1) is 0 Å². The highest BCUT2D eigenvalue weighted by molar-refractivity contribution is 6.13. The first kappa shape index (κ1) is 33.5. The molecule has 0 spiro atoms. The van der Waals surface area contributed by atoms with Crippen LogP contribution in [0.5, 0.6) is 0 Å². The molecule has 0 saturated carbocycles. The van der Waals surface area contributed by atoms with E-state index in [1.807, 2.05) is 44.2 Å². The van der Waals surface area contributed by atoms with Crippen LogP contribution in [0.2, 0.25) is 0 Å². The second kappa shape index (κ2) is 16.6. The van der Waals surface area contributed by atoms with Crippen LogP contribution in [0.3, 0.4) is 0 Å². The maximum absolute atomic E-state index is 5.20. The van der Waals surface area contributed by atoms with Crippen molar-refractivity contribution >= 4 is 29.3 Å². The van der Waals surface area contributed by atoms with Crippen molar-refractivity contribution in [2.75, 3.05) is 0 Å². The van der Waals surface area contributed by atoms with Crippen LogP contribution in [0.25, 0.3) is 39.1 Å². The van der Waals surface area contributed by atoms with Gasteiger partial charge in [0.1, 0.15) is 0 Å². The highest BCUT2D eigenvalue weighted by Crippen LogP contribution is 2.31. The topological polar surface area (TPSA) is 24.7 Å². The molecule has 2 nitrogen and oxygen atoms in total. The third-order valence-electron chi connectivity index (χ3n) is 8.31. The lowest BCUT2D eigenvalue weighted by molar-refractivity contribution is 1.07. The van der Waals surface area contributed by atoms with Crippen molar-refractivity contribution in [2.45, 2.75) is 27.3 Å². The number of hydrogen-bond acceptors (Lipinski definition) is 2. The molecule has 0 heterocycles. The van der Waals surface area contributed by atoms with E-state index in [-0.39, 0.29) is 0 Å². The summed E-state index contributed by atoms with van der Waals surface area (Å²) in [6, 6.07) is 44.7. The zero-order chi connectivity index (χ0) is 33.7. The molecule has 0 atom stereocenters. The molecule has 0 bridgehead atoms. The third-order valence-corrected chi connectivity index (χ3v) is 8.31. The summed E-state index contributed by atoms with van der Waals surface area (Å²) >= 11 is 0. The van der Waals surface area contributed by atoms with Crippen LogP contribution in [-0.2, 0) is 6.54 Å². The van der Waals surface area contributed by atoms with E-state index in [1.54, 1.807) is 0 Å². The fraction of sp³-hybridized carbons (Fsp3) is 0.0870. The highest BCUT2D eigenvalue weighted by atomic mass is 14.8. The molecule has 0 fully saturated rings. The third kappa shape index (κ3) is 8.29. The number of aliphatic imine (C=N–C) groups is 2. The summed E-state index contributed by atoms with van der Waals surface area (Å²) in [4.78, 5) is 9.69. The minimum atomic E-state index is 0.538. The molecule has 236 valence electrons. The highest BCUT2D eigenvalue weighted by Gasteiger charge is 2.12. The summed E-state index contributed by atoms with van der Waals surface area (Å²) in [6.07, 6.45) is 12.3. The van der Waals surface area contributed by atoms with Crippen molar-refractivity contribution in [3.63, 3.8) is 0 Å². The van der Waals surface area contributed by atoms with Crippen LogP contribution in [-0.4, -0.2) is 12.4 Å². The van der Waals surface area contributed by atoms with Gasteiger partial charge in [0.2, 0.25) is 0 Å². The van der Waals surface area contributed by atoms with Gasteiger partial charge in [0.15, 0.2) is 0 Å². The lowest BCUT2D eigenvalue weighted by atomic mass is 9.93. The van der Waals surface area contributed by atoms with Gasteiger partial charge in [0.05, 0.1) is 18.0 Å². The second-order valence-corrected chi connectivity index (χ2v) is 11.4. The minimum absolute atomic E-state index is 0.538. The Morgan fingerprint density at radius 3 is 1.69 bits per heavy atom. The molecule has 0 aromatic heterocycles. The molecule has 5 aromatic rings. The number of hydrogen-bond donors (Lipinski definition) is 0. The van der Waals surface area contributed by atoms with Crippen molar-refractivity contribution in [3.8, 4) is 22.3 Å². The number of benzene rings is 5. The number of nitrogens with zero attached hydrogens (tertiary/aromatic N) is 2. The fourth-order valence-electron chi connectivity index (χ4n) is 5.70. The van der Waals surface area contributed by atoms with E-state index in [4.69, 9.17) is 4.99 Å². The second-order valence-electron chi connectivity index (χ2n) is 11.4. The molecule has 0 aliphatic rings. The van der Waals surface area contributed by atoms with Crippen LogP contribution >= 0.6 is 0 Å². The average molecular weight is 623 g/mol. The Morgan fingerprint density at radius 1 is 0.583 bits per heavy atom. The van der Waals surface area contributed by atoms with Crippen LogP contribution in [0.4, 0.5) is 0 Å². The molecule has 0 radical (unpaired) electrons. The van der Waals surface area contributed by atoms with Crippen molar-refractivity contribution in [2.24, 2.45) is 9.98 Å². The number of rotatable bonds is 12. The molecule has 0 aliphatic heterocycles. The van der Waals surface area contributed by atoms with Gasteiger partial charge in [0, 0.05) is 11.1 Å². The van der Waals surface area contributed by atoms with Crippen molar-refractivity contribution in [3.05, 3.63) is 198 Å². The summed E-state index contributed by atoms with van der Waals surface area (Å²) in [7, 11) is 0. The summed E-state index contributed by atoms with van der Waals surface area (Å²) in [5.74, 6) is 0. The largest absolute Gasteiger partial charge is 0.280 e. The summed E-state index contributed by atoms with van der Waals surface area (Å²) in [5.41, 5.74) is 13.8. The van der Waals surface area contributed by atoms with E-state index in [1.165, 1.54) is 11.1 Å². The summed E-state index contributed by atoms with van der Waals surface area (Å²) < 4.78 is 0. The van der Waals surface area contributed by atoms with Crippen molar-refractivity contribution in [1.82, 2.24) is 0 Å². The van der Waals surface area contributed by atoms with Gasteiger partial charge in [-0.3, -0.25) is 9.98 Å². The smallest absolute Gasteiger partial charge is 0.0716 e. The van der Waals surface area contributed by atoms with Gasteiger partial charge in [-0.25, -0.2) is 0 Å². The Labute approximate surface area is 286 Å². The molecule has 48 heavy (non-hydrogen) atoms. The fourth-order valence-corrected chi connectivity index (χ4v) is 5.70. The monoisotopic (exact) mass is 622 g/mol. The van der Waals surface area contributed by atoms with Crippen LogP contribution < -0.4 is 0 Å². The van der Waals surface area contributed by atoms with E-state index < -0.39 is 0 Å². The zero-order valence-electron chi connectivity index (χ0n) is 28.1. The molecule has 5 rings (SSSR count). The molecule has 0 N–H and O–H groups in total. The normalized spacial score (nSPS) is 12.7. The first-order valence-corrected chi connectivity index (χ1v) is 16.3. The summed E-state index contributed by atoms with van der Waals surface area (Å²) in [6.45, 7) is 14.6. The van der Waals surface area contributed by atoms with Gasteiger partial charge in [-0.1, -0.05) is 146 Å². The molecule has 5 aromatic carbocycles. The lowest BCUT2D eigenvalue weighted by Gasteiger charge is -2.13. The molecular formula is C46H42N2. The molecule has 0 amide bonds. The van der Waals surface area contributed by atoms with E-state index in [2.05, 4.69) is 159 Å². The predicted molar refractivity (Wildman–Crippen MR) is 210 cm³/mol. The Kier molecular flexibility index (Phi) is 11.6. The van der Waals surface area contributed by atoms with Crippen LogP contribution in [0, 0.1) is 0 Å². The zero-order valence-corrected chi connectivity index (χ0v) is 28.1. The van der Waals surface area contributed by atoms with Crippen molar-refractivity contribution < 1.29 is 0 Å². The van der Waals surface area contributed by atoms with E-state index in [0.717, 1.165) is 61.5 Å². The summed E-state index contributed by atoms with van der Waals surface area (Å²) in [5, 5.41) is 0. The number of allylic oxidation sites excluding steroid dienone is 8. The van der Waals surface area contributed by atoms with Crippen molar-refractivity contribution in [1.29, 1.82) is 0 Å². The van der Waals surface area contributed by atoms with Gasteiger partial charge in [-0.2, -0.15) is 0 Å². The van der Waals surface area contributed by atoms with E-state index in [9.17, 15) is 0 Å². The molecule has 0 aliphatic carbocycles. The van der Waals surface area contributed by atoms with Gasteiger partial charge >= 0.3 is 0 Å². The minimum Gasteiger partial charge on any atom is -0.280 e. The molecule has 0 saturated heterocycles. The molecule has 2 heteroatoms. The van der Waals surface area contributed by atoms with Gasteiger partial charge < -0.3 is 0 Å². The molecular weight excluding hydrogens is 581 g/mol. The quantitative estimate of drug-likeness (QED) is 0.0977. The first-order valence-electron chi connectivity index (χ1n) is 16.3. The average Bonchev–Trinajstić information content (AvgIpc) is 3.15. The Balaban J connectivity index is 1.66. The standard InChI is InChI=1S/C46H42N2/c1-6-16-36(9-4)39-21-23-40(24-22-39)43-29-42(37-19-14-11-15-20-37)30-44(31-43)46(48-33-34-17-12-10-13-18-34)32-45(47-5)41-27-25-38(26-28-41)35(7-2)8-3/h6-32H,2,5,33H2,1,3-4H3/b16-6-,35-8+,36-9+,45-32-,48-46?. The predicted octanol–water partition coefficient (Wildman–Crippen LogP) is 12.3. The van der Waals surface area contributed by atoms with Crippen LogP contribution in [0.15, 0.2) is 180 Å². The Morgan fingerprint density at radius 2 is 1.12 bits per heavy atom. The maximum atomic E-state index is 5.20. The van der Waals surface area contributed by atoms with E-state index in [0.29, 0.717) is 6.54 Å². The SMILES string of the molecule is C=C/C(=C\C)c1ccc(/C(=C/C(=NCc2ccccc2)c2cc(-c3ccccc3)cc(-c3ccc(C(/C=C\C)=C/C)cc3)c2)N=C)cc1. The Bertz CT molecular complexity index is 2000. The molecule has 0 unspecified atom stereocenters.